The summed E-state index contributed by atoms with van der Waals surface area (Å²) in [5, 5.41) is 1.42. The maximum Gasteiger partial charge on any atom is 0.195 e. The van der Waals surface area contributed by atoms with E-state index in [4.69, 9.17) is 16.3 Å². The summed E-state index contributed by atoms with van der Waals surface area (Å²) < 4.78 is 5.92. The standard InChI is InChI=1S/C16H11BrClNO2/c1-21-14-6-5-9(7-12(14)17)16(20)11-8-19-15-10(11)3-2-4-13(15)18/h2-8,19H,1H3. The number of carbonyl (C=O) groups is 1. The van der Waals surface area contributed by atoms with Crippen molar-refractivity contribution in [3.05, 3.63) is 63.2 Å². The zero-order valence-electron chi connectivity index (χ0n) is 11.1. The second-order valence-electron chi connectivity index (χ2n) is 4.54. The van der Waals surface area contributed by atoms with E-state index < -0.39 is 0 Å². The van der Waals surface area contributed by atoms with Crippen LogP contribution in [-0.2, 0) is 0 Å². The van der Waals surface area contributed by atoms with Gasteiger partial charge in [0.15, 0.2) is 5.78 Å². The largest absolute Gasteiger partial charge is 0.496 e. The van der Waals surface area contributed by atoms with Crippen LogP contribution in [0, 0.1) is 0 Å². The minimum absolute atomic E-state index is 0.0631. The van der Waals surface area contributed by atoms with Crippen LogP contribution >= 0.6 is 27.5 Å². The lowest BCUT2D eigenvalue weighted by Gasteiger charge is -2.05. The fraction of sp³-hybridized carbons (Fsp3) is 0.0625. The number of para-hydroxylation sites is 1. The molecule has 1 aromatic heterocycles. The summed E-state index contributed by atoms with van der Waals surface area (Å²) in [7, 11) is 1.59. The molecule has 0 radical (unpaired) electrons. The first-order chi connectivity index (χ1) is 10.1. The SMILES string of the molecule is COc1ccc(C(=O)c2c[nH]c3c(Cl)cccc23)cc1Br. The van der Waals surface area contributed by atoms with Gasteiger partial charge in [-0.1, -0.05) is 23.7 Å². The smallest absolute Gasteiger partial charge is 0.195 e. The molecule has 0 saturated carbocycles. The first kappa shape index (κ1) is 14.2. The number of aromatic amines is 1. The Bertz CT molecular complexity index is 841. The number of carbonyl (C=O) groups excluding carboxylic acids is 1. The number of ether oxygens (including phenoxy) is 1. The van der Waals surface area contributed by atoms with Crippen molar-refractivity contribution in [1.82, 2.24) is 4.98 Å². The Morgan fingerprint density at radius 3 is 2.81 bits per heavy atom. The number of H-pyrrole nitrogens is 1. The molecule has 0 bridgehead atoms. The average Bonchev–Trinajstić information content (AvgIpc) is 2.92. The van der Waals surface area contributed by atoms with E-state index in [0.717, 1.165) is 15.4 Å². The third-order valence-electron chi connectivity index (χ3n) is 3.32. The summed E-state index contributed by atoms with van der Waals surface area (Å²) in [5.41, 5.74) is 1.96. The summed E-state index contributed by atoms with van der Waals surface area (Å²) >= 11 is 9.51. The van der Waals surface area contributed by atoms with E-state index in [1.54, 1.807) is 37.6 Å². The molecule has 0 aliphatic rings. The van der Waals surface area contributed by atoms with E-state index in [-0.39, 0.29) is 5.78 Å². The van der Waals surface area contributed by atoms with Crippen molar-refractivity contribution >= 4 is 44.2 Å². The topological polar surface area (TPSA) is 42.1 Å². The first-order valence-electron chi connectivity index (χ1n) is 6.25. The molecule has 106 valence electrons. The molecule has 21 heavy (non-hydrogen) atoms. The number of nitrogens with one attached hydrogen (secondary N) is 1. The molecule has 0 spiro atoms. The van der Waals surface area contributed by atoms with E-state index in [0.29, 0.717) is 21.9 Å². The lowest BCUT2D eigenvalue weighted by molar-refractivity contribution is 0.104. The van der Waals surface area contributed by atoms with Gasteiger partial charge in [0, 0.05) is 22.7 Å². The van der Waals surface area contributed by atoms with E-state index in [2.05, 4.69) is 20.9 Å². The fourth-order valence-corrected chi connectivity index (χ4v) is 3.04. The predicted octanol–water partition coefficient (Wildman–Crippen LogP) is 4.82. The third-order valence-corrected chi connectivity index (χ3v) is 4.26. The molecule has 3 aromatic rings. The van der Waals surface area contributed by atoms with Crippen LogP contribution in [0.3, 0.4) is 0 Å². The van der Waals surface area contributed by atoms with E-state index >= 15 is 0 Å². The lowest BCUT2D eigenvalue weighted by Crippen LogP contribution is -2.00. The fourth-order valence-electron chi connectivity index (χ4n) is 2.27. The molecule has 3 nitrogen and oxygen atoms in total. The highest BCUT2D eigenvalue weighted by Gasteiger charge is 2.16. The summed E-state index contributed by atoms with van der Waals surface area (Å²) in [5.74, 6) is 0.625. The Kier molecular flexibility index (Phi) is 3.74. The monoisotopic (exact) mass is 363 g/mol. The molecular weight excluding hydrogens is 354 g/mol. The second kappa shape index (κ2) is 5.54. The maximum absolute atomic E-state index is 12.7. The average molecular weight is 365 g/mol. The van der Waals surface area contributed by atoms with Crippen molar-refractivity contribution in [3.63, 3.8) is 0 Å². The van der Waals surface area contributed by atoms with Crippen molar-refractivity contribution in [1.29, 1.82) is 0 Å². The van der Waals surface area contributed by atoms with Crippen LogP contribution in [0.2, 0.25) is 5.02 Å². The van der Waals surface area contributed by atoms with Crippen LogP contribution in [0.1, 0.15) is 15.9 Å². The number of hydrogen-bond acceptors (Lipinski definition) is 2. The maximum atomic E-state index is 12.7. The van der Waals surface area contributed by atoms with Crippen LogP contribution < -0.4 is 4.74 Å². The third kappa shape index (κ3) is 2.45. The molecular formula is C16H11BrClNO2. The molecule has 2 aromatic carbocycles. The molecule has 0 atom stereocenters. The quantitative estimate of drug-likeness (QED) is 0.677. The molecule has 3 rings (SSSR count). The van der Waals surface area contributed by atoms with Gasteiger partial charge in [0.05, 0.1) is 22.1 Å². The lowest BCUT2D eigenvalue weighted by atomic mass is 10.0. The first-order valence-corrected chi connectivity index (χ1v) is 7.42. The highest BCUT2D eigenvalue weighted by molar-refractivity contribution is 9.10. The van der Waals surface area contributed by atoms with E-state index in [1.165, 1.54) is 0 Å². The molecule has 5 heteroatoms. The molecule has 0 fully saturated rings. The Labute approximate surface area is 135 Å². The van der Waals surface area contributed by atoms with Gasteiger partial charge >= 0.3 is 0 Å². The van der Waals surface area contributed by atoms with Crippen molar-refractivity contribution < 1.29 is 9.53 Å². The van der Waals surface area contributed by atoms with Crippen LogP contribution in [0.4, 0.5) is 0 Å². The Morgan fingerprint density at radius 1 is 1.29 bits per heavy atom. The minimum Gasteiger partial charge on any atom is -0.496 e. The van der Waals surface area contributed by atoms with E-state index in [9.17, 15) is 4.79 Å². The van der Waals surface area contributed by atoms with E-state index in [1.807, 2.05) is 12.1 Å². The van der Waals surface area contributed by atoms with Gasteiger partial charge in [0.2, 0.25) is 0 Å². The van der Waals surface area contributed by atoms with Crippen molar-refractivity contribution in [2.45, 2.75) is 0 Å². The Hall–Kier alpha value is -1.78. The summed E-state index contributed by atoms with van der Waals surface area (Å²) in [6, 6.07) is 10.8. The van der Waals surface area contributed by atoms with Crippen molar-refractivity contribution in [2.24, 2.45) is 0 Å². The van der Waals surface area contributed by atoms with Gasteiger partial charge < -0.3 is 9.72 Å². The van der Waals surface area contributed by atoms with Gasteiger partial charge in [0.25, 0.3) is 0 Å². The van der Waals surface area contributed by atoms with Crippen LogP contribution in [-0.4, -0.2) is 17.9 Å². The normalized spacial score (nSPS) is 10.8. The highest BCUT2D eigenvalue weighted by Crippen LogP contribution is 2.29. The molecule has 0 amide bonds. The van der Waals surface area contributed by atoms with Crippen molar-refractivity contribution in [3.8, 4) is 5.75 Å². The van der Waals surface area contributed by atoms with Crippen LogP contribution in [0.5, 0.6) is 5.75 Å². The Morgan fingerprint density at radius 2 is 2.10 bits per heavy atom. The molecule has 0 aliphatic carbocycles. The van der Waals surface area contributed by atoms with Gasteiger partial charge in [0.1, 0.15) is 5.75 Å². The van der Waals surface area contributed by atoms with Gasteiger partial charge in [-0.25, -0.2) is 0 Å². The molecule has 0 aliphatic heterocycles. The molecule has 0 saturated heterocycles. The van der Waals surface area contributed by atoms with Gasteiger partial charge in [-0.3, -0.25) is 4.79 Å². The summed E-state index contributed by atoms with van der Waals surface area (Å²) in [6.45, 7) is 0. The summed E-state index contributed by atoms with van der Waals surface area (Å²) in [4.78, 5) is 15.7. The summed E-state index contributed by atoms with van der Waals surface area (Å²) in [6.07, 6.45) is 1.69. The number of fused-ring (bicyclic) bond motifs is 1. The number of aromatic nitrogens is 1. The number of ketones is 1. The Balaban J connectivity index is 2.08. The van der Waals surface area contributed by atoms with Gasteiger partial charge in [-0.05, 0) is 40.2 Å². The number of methoxy groups -OCH3 is 1. The van der Waals surface area contributed by atoms with Crippen LogP contribution in [0.25, 0.3) is 10.9 Å². The molecule has 1 N–H and O–H groups in total. The number of halogens is 2. The van der Waals surface area contributed by atoms with Crippen molar-refractivity contribution in [2.75, 3.05) is 7.11 Å². The molecule has 0 unspecified atom stereocenters. The number of rotatable bonds is 3. The molecule has 1 heterocycles. The van der Waals surface area contributed by atoms with Gasteiger partial charge in [-0.15, -0.1) is 0 Å². The van der Waals surface area contributed by atoms with Crippen LogP contribution in [0.15, 0.2) is 47.1 Å². The number of benzene rings is 2. The predicted molar refractivity (Wildman–Crippen MR) is 87.4 cm³/mol. The zero-order valence-corrected chi connectivity index (χ0v) is 13.5. The number of hydrogen-bond donors (Lipinski definition) is 1. The highest BCUT2D eigenvalue weighted by atomic mass is 79.9. The van der Waals surface area contributed by atoms with Gasteiger partial charge in [-0.2, -0.15) is 0 Å². The second-order valence-corrected chi connectivity index (χ2v) is 5.80. The zero-order chi connectivity index (χ0) is 15.0. The minimum atomic E-state index is -0.0631.